The van der Waals surface area contributed by atoms with Gasteiger partial charge in [-0.2, -0.15) is 5.10 Å². The summed E-state index contributed by atoms with van der Waals surface area (Å²) in [5, 5.41) is 15.5. The Morgan fingerprint density at radius 1 is 1.11 bits per heavy atom. The van der Waals surface area contributed by atoms with Crippen LogP contribution in [0, 0.1) is 5.82 Å². The highest BCUT2D eigenvalue weighted by atomic mass is 19.1. The second-order valence-electron chi connectivity index (χ2n) is 6.46. The van der Waals surface area contributed by atoms with E-state index >= 15 is 0 Å². The van der Waals surface area contributed by atoms with Crippen LogP contribution in [0.15, 0.2) is 46.9 Å². The summed E-state index contributed by atoms with van der Waals surface area (Å²) in [5.74, 6) is 1.29. The van der Waals surface area contributed by atoms with Crippen LogP contribution in [-0.2, 0) is 6.42 Å². The maximum Gasteiger partial charge on any atom is 0.266 e. The van der Waals surface area contributed by atoms with Crippen molar-refractivity contribution in [2.24, 2.45) is 0 Å². The largest absolute Gasteiger partial charge is 0.497 e. The Labute approximate surface area is 159 Å². The Kier molecular flexibility index (Phi) is 3.79. The Hall–Kier alpha value is -3.74. The third kappa shape index (κ3) is 2.77. The molecule has 0 aliphatic heterocycles. The van der Waals surface area contributed by atoms with Crippen molar-refractivity contribution in [2.45, 2.75) is 6.42 Å². The lowest BCUT2D eigenvalue weighted by Gasteiger charge is -1.98. The van der Waals surface area contributed by atoms with Gasteiger partial charge in [-0.25, -0.2) is 4.39 Å². The summed E-state index contributed by atoms with van der Waals surface area (Å²) in [6.45, 7) is 0. The van der Waals surface area contributed by atoms with Gasteiger partial charge in [0.15, 0.2) is 0 Å². The van der Waals surface area contributed by atoms with Crippen LogP contribution in [0.5, 0.6) is 5.75 Å². The van der Waals surface area contributed by atoms with Crippen molar-refractivity contribution >= 4 is 12.2 Å². The average molecular weight is 374 g/mol. The van der Waals surface area contributed by atoms with Gasteiger partial charge in [0.1, 0.15) is 17.3 Å². The smallest absolute Gasteiger partial charge is 0.266 e. The molecule has 0 saturated heterocycles. The van der Waals surface area contributed by atoms with Crippen molar-refractivity contribution in [3.63, 3.8) is 0 Å². The van der Waals surface area contributed by atoms with Gasteiger partial charge in [-0.1, -0.05) is 12.1 Å². The molecule has 5 rings (SSSR count). The first-order valence-electron chi connectivity index (χ1n) is 8.73. The number of hydrogen-bond donors (Lipinski definition) is 1. The maximum atomic E-state index is 13.5. The van der Waals surface area contributed by atoms with Crippen molar-refractivity contribution < 1.29 is 13.5 Å². The Bertz CT molecular complexity index is 1190. The molecule has 0 bridgehead atoms. The minimum Gasteiger partial charge on any atom is -0.497 e. The first kappa shape index (κ1) is 16.4. The van der Waals surface area contributed by atoms with Crippen LogP contribution in [0.3, 0.4) is 0 Å². The van der Waals surface area contributed by atoms with Crippen molar-refractivity contribution in [1.82, 2.24) is 20.4 Å². The molecule has 28 heavy (non-hydrogen) atoms. The second-order valence-corrected chi connectivity index (χ2v) is 6.46. The summed E-state index contributed by atoms with van der Waals surface area (Å²) in [6.07, 6.45) is 4.21. The number of aromatic nitrogens is 4. The van der Waals surface area contributed by atoms with Gasteiger partial charge in [-0.05, 0) is 47.5 Å². The molecule has 7 heteroatoms. The highest BCUT2D eigenvalue weighted by Gasteiger charge is 2.27. The molecule has 6 nitrogen and oxygen atoms in total. The lowest BCUT2D eigenvalue weighted by molar-refractivity contribution is 0.415. The zero-order valence-electron chi connectivity index (χ0n) is 14.9. The highest BCUT2D eigenvalue weighted by Crippen LogP contribution is 2.39. The van der Waals surface area contributed by atoms with E-state index in [1.165, 1.54) is 12.1 Å². The number of nitrogens with one attached hydrogen (secondary N) is 1. The zero-order valence-corrected chi connectivity index (χ0v) is 14.9. The van der Waals surface area contributed by atoms with Gasteiger partial charge in [0.05, 0.1) is 12.8 Å². The zero-order chi connectivity index (χ0) is 19.1. The molecule has 0 unspecified atom stereocenters. The minimum atomic E-state index is -0.252. The molecule has 0 spiro atoms. The van der Waals surface area contributed by atoms with E-state index in [4.69, 9.17) is 9.15 Å². The van der Waals surface area contributed by atoms with Gasteiger partial charge in [0, 0.05) is 23.6 Å². The predicted molar refractivity (Wildman–Crippen MR) is 102 cm³/mol. The number of halogens is 1. The van der Waals surface area contributed by atoms with E-state index in [9.17, 15) is 4.39 Å². The lowest BCUT2D eigenvalue weighted by atomic mass is 10.1. The Morgan fingerprint density at radius 3 is 2.79 bits per heavy atom. The van der Waals surface area contributed by atoms with E-state index in [1.54, 1.807) is 19.3 Å². The summed E-state index contributed by atoms with van der Waals surface area (Å²) < 4.78 is 24.4. The normalized spacial score (nSPS) is 12.4. The van der Waals surface area contributed by atoms with Crippen LogP contribution in [-0.4, -0.2) is 27.5 Å². The molecule has 0 atom stereocenters. The van der Waals surface area contributed by atoms with Crippen molar-refractivity contribution in [2.75, 3.05) is 7.11 Å². The first-order chi connectivity index (χ1) is 13.7. The highest BCUT2D eigenvalue weighted by molar-refractivity contribution is 5.79. The quantitative estimate of drug-likeness (QED) is 0.506. The summed E-state index contributed by atoms with van der Waals surface area (Å²) in [7, 11) is 1.63. The molecule has 138 valence electrons. The third-order valence-electron chi connectivity index (χ3n) is 4.75. The van der Waals surface area contributed by atoms with Gasteiger partial charge < -0.3 is 9.15 Å². The Morgan fingerprint density at radius 2 is 1.96 bits per heavy atom. The molecule has 2 aromatic carbocycles. The van der Waals surface area contributed by atoms with E-state index in [-0.39, 0.29) is 5.82 Å². The van der Waals surface area contributed by atoms with Crippen molar-refractivity contribution in [3.8, 4) is 28.6 Å². The van der Waals surface area contributed by atoms with Crippen LogP contribution in [0.1, 0.15) is 22.6 Å². The fraction of sp³-hybridized carbons (Fsp3) is 0.0952. The number of fused-ring (bicyclic) bond motifs is 3. The van der Waals surface area contributed by atoms with Crippen LogP contribution < -0.4 is 4.74 Å². The molecule has 2 heterocycles. The van der Waals surface area contributed by atoms with Crippen molar-refractivity contribution in [3.05, 3.63) is 70.9 Å². The molecule has 0 saturated carbocycles. The number of methoxy groups -OCH3 is 1. The van der Waals surface area contributed by atoms with E-state index in [2.05, 4.69) is 20.4 Å². The summed E-state index contributed by atoms with van der Waals surface area (Å²) in [5.41, 5.74) is 5.24. The molecule has 0 radical (unpaired) electrons. The number of aromatic amines is 1. The van der Waals surface area contributed by atoms with Crippen molar-refractivity contribution in [1.29, 1.82) is 0 Å². The number of benzene rings is 2. The summed E-state index contributed by atoms with van der Waals surface area (Å²) >= 11 is 0. The SMILES string of the molecule is COc1ccc(/C=C/c2nnc(-c3[nH]nc4c3Cc3cc(F)ccc3-4)o2)cc1. The third-order valence-corrected chi connectivity index (χ3v) is 4.75. The van der Waals surface area contributed by atoms with E-state index < -0.39 is 0 Å². The first-order valence-corrected chi connectivity index (χ1v) is 8.73. The molecule has 4 aromatic rings. The minimum absolute atomic E-state index is 0.252. The number of ether oxygens (including phenoxy) is 1. The van der Waals surface area contributed by atoms with Gasteiger partial charge >= 0.3 is 0 Å². The molecule has 2 aromatic heterocycles. The number of nitrogens with zero attached hydrogens (tertiary/aromatic N) is 3. The van der Waals surface area contributed by atoms with E-state index in [1.807, 2.05) is 30.3 Å². The second kappa shape index (κ2) is 6.45. The molecular weight excluding hydrogens is 359 g/mol. The number of H-pyrrole nitrogens is 1. The van der Waals surface area contributed by atoms with E-state index in [0.717, 1.165) is 33.7 Å². The van der Waals surface area contributed by atoms with Gasteiger partial charge in [0.2, 0.25) is 5.89 Å². The van der Waals surface area contributed by atoms with Crippen LogP contribution in [0.2, 0.25) is 0 Å². The number of rotatable bonds is 4. The van der Waals surface area contributed by atoms with Crippen LogP contribution in [0.4, 0.5) is 4.39 Å². The molecule has 1 N–H and O–H groups in total. The topological polar surface area (TPSA) is 76.8 Å². The van der Waals surface area contributed by atoms with Crippen LogP contribution >= 0.6 is 0 Å². The standard InChI is InChI=1S/C21H15FN4O2/c1-27-15-6-2-12(3-7-15)4-9-18-23-26-21(28-18)20-17-11-13-10-14(22)5-8-16(13)19(17)24-25-20/h2-10H,11H2,1H3,(H,24,25)/b9-4+. The molecule has 0 amide bonds. The predicted octanol–water partition coefficient (Wildman–Crippen LogP) is 4.35. The fourth-order valence-electron chi connectivity index (χ4n) is 3.35. The van der Waals surface area contributed by atoms with Gasteiger partial charge in [-0.15, -0.1) is 10.2 Å². The van der Waals surface area contributed by atoms with Crippen LogP contribution in [0.25, 0.3) is 35.0 Å². The summed E-state index contributed by atoms with van der Waals surface area (Å²) in [6, 6.07) is 12.4. The molecular formula is C21H15FN4O2. The summed E-state index contributed by atoms with van der Waals surface area (Å²) in [4.78, 5) is 0. The van der Waals surface area contributed by atoms with Gasteiger partial charge in [-0.3, -0.25) is 5.10 Å². The fourth-order valence-corrected chi connectivity index (χ4v) is 3.35. The maximum absolute atomic E-state index is 13.5. The molecule has 0 fully saturated rings. The molecule has 1 aliphatic rings. The lowest BCUT2D eigenvalue weighted by Crippen LogP contribution is -1.88. The number of hydrogen-bond acceptors (Lipinski definition) is 5. The van der Waals surface area contributed by atoms with E-state index in [0.29, 0.717) is 23.9 Å². The average Bonchev–Trinajstić information content (AvgIpc) is 3.41. The van der Waals surface area contributed by atoms with Gasteiger partial charge in [0.25, 0.3) is 5.89 Å². The monoisotopic (exact) mass is 374 g/mol. The molecule has 1 aliphatic carbocycles. The Balaban J connectivity index is 1.40.